The molecule has 4 heteroatoms. The van der Waals surface area contributed by atoms with Crippen LogP contribution in [0.15, 0.2) is 18.3 Å². The Morgan fingerprint density at radius 3 is 2.86 bits per heavy atom. The van der Waals surface area contributed by atoms with Crippen molar-refractivity contribution in [1.82, 2.24) is 10.3 Å². The van der Waals surface area contributed by atoms with Crippen molar-refractivity contribution < 1.29 is 0 Å². The van der Waals surface area contributed by atoms with E-state index < -0.39 is 0 Å². The molecule has 0 aromatic carbocycles. The summed E-state index contributed by atoms with van der Waals surface area (Å²) in [4.78, 5) is 6.47. The predicted molar refractivity (Wildman–Crippen MR) is 56.7 cm³/mol. The molecule has 0 saturated carbocycles. The molecule has 3 heterocycles. The van der Waals surface area contributed by atoms with Gasteiger partial charge in [0.1, 0.15) is 5.15 Å². The largest absolute Gasteiger partial charge is 0.368 e. The second kappa shape index (κ2) is 3.11. The number of nitrogens with zero attached hydrogens (tertiary/aromatic N) is 2. The van der Waals surface area contributed by atoms with Gasteiger partial charge >= 0.3 is 0 Å². The van der Waals surface area contributed by atoms with E-state index in [2.05, 4.69) is 15.2 Å². The lowest BCUT2D eigenvalue weighted by Crippen LogP contribution is -2.51. The first-order valence-corrected chi connectivity index (χ1v) is 5.30. The van der Waals surface area contributed by atoms with Crippen molar-refractivity contribution in [2.75, 3.05) is 24.5 Å². The monoisotopic (exact) mass is 209 g/mol. The average Bonchev–Trinajstić information content (AvgIpc) is 2.45. The molecule has 2 aliphatic heterocycles. The van der Waals surface area contributed by atoms with Gasteiger partial charge < -0.3 is 10.2 Å². The smallest absolute Gasteiger partial charge is 0.129 e. The number of halogens is 1. The first-order valence-electron chi connectivity index (χ1n) is 4.93. The Bertz CT molecular complexity index is 326. The van der Waals surface area contributed by atoms with E-state index in [1.165, 1.54) is 12.2 Å². The SMILES string of the molecule is Clc1ccc(N2C[C@H]3CN[C@H]3C2)cn1. The fourth-order valence-electron chi connectivity index (χ4n) is 2.22. The number of rotatable bonds is 1. The third-order valence-corrected chi connectivity index (χ3v) is 3.38. The van der Waals surface area contributed by atoms with Crippen LogP contribution in [0.1, 0.15) is 0 Å². The van der Waals surface area contributed by atoms with Gasteiger partial charge in [0.15, 0.2) is 0 Å². The number of fused-ring (bicyclic) bond motifs is 1. The van der Waals surface area contributed by atoms with E-state index in [-0.39, 0.29) is 0 Å². The Morgan fingerprint density at radius 2 is 2.36 bits per heavy atom. The molecule has 74 valence electrons. The number of hydrogen-bond acceptors (Lipinski definition) is 3. The Balaban J connectivity index is 1.79. The highest BCUT2D eigenvalue weighted by atomic mass is 35.5. The summed E-state index contributed by atoms with van der Waals surface area (Å²) in [5.41, 5.74) is 1.19. The van der Waals surface area contributed by atoms with Crippen molar-refractivity contribution in [2.45, 2.75) is 6.04 Å². The Kier molecular flexibility index (Phi) is 1.89. The van der Waals surface area contributed by atoms with E-state index in [0.29, 0.717) is 11.2 Å². The van der Waals surface area contributed by atoms with E-state index in [4.69, 9.17) is 11.6 Å². The summed E-state index contributed by atoms with van der Waals surface area (Å²) in [5, 5.41) is 3.99. The van der Waals surface area contributed by atoms with Gasteiger partial charge in [0.2, 0.25) is 0 Å². The summed E-state index contributed by atoms with van der Waals surface area (Å²) in [6, 6.07) is 4.59. The molecule has 0 amide bonds. The van der Waals surface area contributed by atoms with E-state index in [1.807, 2.05) is 18.3 Å². The molecule has 2 saturated heterocycles. The van der Waals surface area contributed by atoms with Crippen LogP contribution in [0.25, 0.3) is 0 Å². The quantitative estimate of drug-likeness (QED) is 0.704. The van der Waals surface area contributed by atoms with Gasteiger partial charge in [0.05, 0.1) is 11.9 Å². The van der Waals surface area contributed by atoms with E-state index >= 15 is 0 Å². The normalized spacial score (nSPS) is 29.9. The molecule has 1 aromatic rings. The Labute approximate surface area is 88.1 Å². The number of aromatic nitrogens is 1. The number of pyridine rings is 1. The first kappa shape index (κ1) is 8.50. The maximum absolute atomic E-state index is 5.75. The predicted octanol–water partition coefficient (Wildman–Crippen LogP) is 1.14. The molecule has 1 aromatic heterocycles. The van der Waals surface area contributed by atoms with Crippen molar-refractivity contribution >= 4 is 17.3 Å². The molecule has 3 nitrogen and oxygen atoms in total. The lowest BCUT2D eigenvalue weighted by Gasteiger charge is -2.29. The fourth-order valence-corrected chi connectivity index (χ4v) is 2.33. The van der Waals surface area contributed by atoms with Crippen LogP contribution in [0, 0.1) is 5.92 Å². The zero-order valence-corrected chi connectivity index (χ0v) is 8.54. The molecular formula is C10H12ClN3. The highest BCUT2D eigenvalue weighted by molar-refractivity contribution is 6.29. The molecule has 3 rings (SSSR count). The molecule has 2 aliphatic rings. The maximum Gasteiger partial charge on any atom is 0.129 e. The van der Waals surface area contributed by atoms with Crippen molar-refractivity contribution in [3.8, 4) is 0 Å². The summed E-state index contributed by atoms with van der Waals surface area (Å²) < 4.78 is 0. The van der Waals surface area contributed by atoms with Crippen LogP contribution < -0.4 is 10.2 Å². The molecular weight excluding hydrogens is 198 g/mol. The lowest BCUT2D eigenvalue weighted by atomic mass is 9.96. The summed E-state index contributed by atoms with van der Waals surface area (Å²) in [7, 11) is 0. The van der Waals surface area contributed by atoms with Crippen LogP contribution in [-0.2, 0) is 0 Å². The van der Waals surface area contributed by atoms with Crippen molar-refractivity contribution in [3.63, 3.8) is 0 Å². The maximum atomic E-state index is 5.75. The fraction of sp³-hybridized carbons (Fsp3) is 0.500. The second-order valence-electron chi connectivity index (χ2n) is 4.02. The first-order chi connectivity index (χ1) is 6.83. The van der Waals surface area contributed by atoms with Crippen molar-refractivity contribution in [3.05, 3.63) is 23.5 Å². The lowest BCUT2D eigenvalue weighted by molar-refractivity contribution is 0.297. The van der Waals surface area contributed by atoms with Crippen LogP contribution in [0.2, 0.25) is 5.15 Å². The Morgan fingerprint density at radius 1 is 1.43 bits per heavy atom. The van der Waals surface area contributed by atoms with Crippen LogP contribution in [-0.4, -0.2) is 30.7 Å². The molecule has 2 atom stereocenters. The highest BCUT2D eigenvalue weighted by Gasteiger charge is 2.38. The van der Waals surface area contributed by atoms with Crippen LogP contribution in [0.5, 0.6) is 0 Å². The minimum absolute atomic E-state index is 0.564. The standard InChI is InChI=1S/C10H12ClN3/c11-10-2-1-8(4-13-10)14-5-7-3-12-9(7)6-14/h1-2,4,7,9,12H,3,5-6H2/t7-,9+/m1/s1. The van der Waals surface area contributed by atoms with Crippen LogP contribution >= 0.6 is 11.6 Å². The number of hydrogen-bond donors (Lipinski definition) is 1. The van der Waals surface area contributed by atoms with E-state index in [1.54, 1.807) is 0 Å². The van der Waals surface area contributed by atoms with Gasteiger partial charge in [-0.25, -0.2) is 4.98 Å². The zero-order valence-electron chi connectivity index (χ0n) is 7.78. The van der Waals surface area contributed by atoms with Gasteiger partial charge in [0.25, 0.3) is 0 Å². The zero-order chi connectivity index (χ0) is 9.54. The third kappa shape index (κ3) is 1.28. The second-order valence-corrected chi connectivity index (χ2v) is 4.41. The van der Waals surface area contributed by atoms with Gasteiger partial charge in [-0.3, -0.25) is 0 Å². The van der Waals surface area contributed by atoms with E-state index in [0.717, 1.165) is 19.0 Å². The number of anilines is 1. The van der Waals surface area contributed by atoms with Gasteiger partial charge in [-0.15, -0.1) is 0 Å². The molecule has 0 radical (unpaired) electrons. The van der Waals surface area contributed by atoms with Gasteiger partial charge in [0, 0.05) is 31.6 Å². The minimum Gasteiger partial charge on any atom is -0.368 e. The molecule has 2 fully saturated rings. The molecule has 0 aliphatic carbocycles. The molecule has 0 spiro atoms. The molecule has 1 N–H and O–H groups in total. The topological polar surface area (TPSA) is 28.2 Å². The summed E-state index contributed by atoms with van der Waals surface area (Å²) >= 11 is 5.75. The molecule has 0 unspecified atom stereocenters. The van der Waals surface area contributed by atoms with E-state index in [9.17, 15) is 0 Å². The van der Waals surface area contributed by atoms with Gasteiger partial charge in [-0.2, -0.15) is 0 Å². The van der Waals surface area contributed by atoms with Crippen molar-refractivity contribution in [1.29, 1.82) is 0 Å². The average molecular weight is 210 g/mol. The summed E-state index contributed by atoms with van der Waals surface area (Å²) in [6.45, 7) is 3.43. The number of nitrogens with one attached hydrogen (secondary N) is 1. The van der Waals surface area contributed by atoms with Crippen molar-refractivity contribution in [2.24, 2.45) is 5.92 Å². The highest BCUT2D eigenvalue weighted by Crippen LogP contribution is 2.28. The van der Waals surface area contributed by atoms with Gasteiger partial charge in [-0.05, 0) is 12.1 Å². The summed E-state index contributed by atoms with van der Waals surface area (Å²) in [6.07, 6.45) is 1.85. The van der Waals surface area contributed by atoms with Crippen LogP contribution in [0.4, 0.5) is 5.69 Å². The van der Waals surface area contributed by atoms with Crippen LogP contribution in [0.3, 0.4) is 0 Å². The molecule has 0 bridgehead atoms. The third-order valence-electron chi connectivity index (χ3n) is 3.16. The molecule has 14 heavy (non-hydrogen) atoms. The minimum atomic E-state index is 0.564. The summed E-state index contributed by atoms with van der Waals surface area (Å²) in [5.74, 6) is 0.839. The Hall–Kier alpha value is -0.800. The van der Waals surface area contributed by atoms with Gasteiger partial charge in [-0.1, -0.05) is 11.6 Å².